The number of aryl methyl sites for hydroxylation is 2. The fourth-order valence-electron chi connectivity index (χ4n) is 4.86. The number of rotatable bonds is 5. The molecule has 1 aliphatic rings. The Morgan fingerprint density at radius 1 is 1.09 bits per heavy atom. The van der Waals surface area contributed by atoms with E-state index in [9.17, 15) is 13.5 Å². The standard InChI is InChI=1S/C26H26N2O4S/c1-17-3-5-21(6-4-17)33(30,31)28-12-10-23-22-9-11-26(27,24(22)7-8-25(23)28)19-13-18(16-29)14-20(15-19)32-2/h3-8,10,12-15,29H,9,11,16,27H2,1-2H3. The number of nitrogens with two attached hydrogens (primary N) is 1. The molecule has 1 unspecified atom stereocenters. The summed E-state index contributed by atoms with van der Waals surface area (Å²) in [5, 5.41) is 10.6. The number of fused-ring (bicyclic) bond motifs is 3. The number of hydrogen-bond donors (Lipinski definition) is 2. The second-order valence-electron chi connectivity index (χ2n) is 8.65. The van der Waals surface area contributed by atoms with Crippen LogP contribution in [-0.4, -0.2) is 24.6 Å². The summed E-state index contributed by atoms with van der Waals surface area (Å²) in [6.45, 7) is 1.82. The highest BCUT2D eigenvalue weighted by Crippen LogP contribution is 2.44. The largest absolute Gasteiger partial charge is 0.497 e. The Balaban J connectivity index is 1.64. The summed E-state index contributed by atoms with van der Waals surface area (Å²) in [6, 6.07) is 18.1. The zero-order valence-corrected chi connectivity index (χ0v) is 19.4. The van der Waals surface area contributed by atoms with Crippen LogP contribution >= 0.6 is 0 Å². The van der Waals surface area contributed by atoms with Crippen LogP contribution < -0.4 is 10.5 Å². The topological polar surface area (TPSA) is 94.6 Å². The summed E-state index contributed by atoms with van der Waals surface area (Å²) in [6.07, 6.45) is 3.02. The average Bonchev–Trinajstić information content (AvgIpc) is 3.41. The highest BCUT2D eigenvalue weighted by atomic mass is 32.2. The molecule has 0 saturated heterocycles. The molecule has 1 aromatic heterocycles. The minimum absolute atomic E-state index is 0.105. The molecule has 4 aromatic rings. The van der Waals surface area contributed by atoms with Gasteiger partial charge in [-0.15, -0.1) is 0 Å². The maximum absolute atomic E-state index is 13.3. The SMILES string of the molecule is COc1cc(CO)cc(C2(N)CCc3c2ccc2c3ccn2S(=O)(=O)c2ccc(C)cc2)c1. The van der Waals surface area contributed by atoms with E-state index in [-0.39, 0.29) is 11.5 Å². The van der Waals surface area contributed by atoms with E-state index in [2.05, 4.69) is 0 Å². The van der Waals surface area contributed by atoms with E-state index < -0.39 is 15.6 Å². The van der Waals surface area contributed by atoms with Crippen LogP contribution in [0.2, 0.25) is 0 Å². The summed E-state index contributed by atoms with van der Waals surface area (Å²) in [5.41, 5.74) is 11.5. The third-order valence-corrected chi connectivity index (χ3v) is 8.38. The van der Waals surface area contributed by atoms with Gasteiger partial charge in [0, 0.05) is 11.6 Å². The van der Waals surface area contributed by atoms with Crippen LogP contribution in [-0.2, 0) is 28.6 Å². The number of ether oxygens (including phenoxy) is 1. The Morgan fingerprint density at radius 2 is 1.85 bits per heavy atom. The predicted molar refractivity (Wildman–Crippen MR) is 128 cm³/mol. The third-order valence-electron chi connectivity index (χ3n) is 6.68. The van der Waals surface area contributed by atoms with Gasteiger partial charge in [0.25, 0.3) is 10.0 Å². The number of benzene rings is 3. The van der Waals surface area contributed by atoms with Gasteiger partial charge in [0.05, 0.1) is 29.7 Å². The van der Waals surface area contributed by atoms with Gasteiger partial charge in [-0.1, -0.05) is 29.8 Å². The van der Waals surface area contributed by atoms with Gasteiger partial charge in [-0.3, -0.25) is 0 Å². The van der Waals surface area contributed by atoms with Crippen molar-refractivity contribution in [2.24, 2.45) is 5.73 Å². The first kappa shape index (κ1) is 21.7. The van der Waals surface area contributed by atoms with Gasteiger partial charge in [0.2, 0.25) is 0 Å². The van der Waals surface area contributed by atoms with Crippen molar-refractivity contribution >= 4 is 20.9 Å². The smallest absolute Gasteiger partial charge is 0.268 e. The van der Waals surface area contributed by atoms with Gasteiger partial charge in [-0.2, -0.15) is 0 Å². The zero-order chi connectivity index (χ0) is 23.4. The second kappa shape index (κ2) is 7.73. The highest BCUT2D eigenvalue weighted by Gasteiger charge is 2.38. The molecule has 1 heterocycles. The number of aromatic nitrogens is 1. The molecule has 0 bridgehead atoms. The van der Waals surface area contributed by atoms with Gasteiger partial charge in [0.1, 0.15) is 5.75 Å². The van der Waals surface area contributed by atoms with Crippen LogP contribution in [0.25, 0.3) is 10.9 Å². The first-order valence-corrected chi connectivity index (χ1v) is 12.3. The lowest BCUT2D eigenvalue weighted by Gasteiger charge is -2.27. The van der Waals surface area contributed by atoms with Crippen molar-refractivity contribution in [2.45, 2.75) is 36.8 Å². The molecule has 7 heteroatoms. The van der Waals surface area contributed by atoms with E-state index >= 15 is 0 Å². The van der Waals surface area contributed by atoms with Gasteiger partial charge >= 0.3 is 0 Å². The summed E-state index contributed by atoms with van der Waals surface area (Å²) in [7, 11) is -2.12. The molecule has 6 nitrogen and oxygen atoms in total. The normalized spacial score (nSPS) is 17.9. The molecule has 1 aliphatic carbocycles. The Labute approximate surface area is 193 Å². The molecule has 0 aliphatic heterocycles. The average molecular weight is 463 g/mol. The molecular weight excluding hydrogens is 436 g/mol. The van der Waals surface area contributed by atoms with Crippen molar-refractivity contribution in [2.75, 3.05) is 7.11 Å². The minimum Gasteiger partial charge on any atom is -0.497 e. The predicted octanol–water partition coefficient (Wildman–Crippen LogP) is 3.84. The number of methoxy groups -OCH3 is 1. The maximum atomic E-state index is 13.3. The number of hydrogen-bond acceptors (Lipinski definition) is 5. The first-order valence-electron chi connectivity index (χ1n) is 10.8. The van der Waals surface area contributed by atoms with E-state index in [4.69, 9.17) is 10.5 Å². The Morgan fingerprint density at radius 3 is 2.55 bits per heavy atom. The molecule has 0 radical (unpaired) electrons. The lowest BCUT2D eigenvalue weighted by Crippen LogP contribution is -2.35. The summed E-state index contributed by atoms with van der Waals surface area (Å²) in [4.78, 5) is 0.257. The van der Waals surface area contributed by atoms with Crippen molar-refractivity contribution in [3.63, 3.8) is 0 Å². The molecule has 0 fully saturated rings. The van der Waals surface area contributed by atoms with E-state index in [1.807, 2.05) is 37.3 Å². The molecule has 3 N–H and O–H groups in total. The molecule has 0 saturated carbocycles. The Hall–Kier alpha value is -3.13. The van der Waals surface area contributed by atoms with E-state index in [0.717, 1.165) is 39.6 Å². The molecular formula is C26H26N2O4S. The second-order valence-corrected chi connectivity index (χ2v) is 10.5. The van der Waals surface area contributed by atoms with Gasteiger partial charge in [0.15, 0.2) is 0 Å². The van der Waals surface area contributed by atoms with Gasteiger partial charge in [-0.25, -0.2) is 12.4 Å². The van der Waals surface area contributed by atoms with Crippen LogP contribution in [0.15, 0.2) is 71.8 Å². The summed E-state index contributed by atoms with van der Waals surface area (Å²) >= 11 is 0. The molecule has 1 atom stereocenters. The monoisotopic (exact) mass is 462 g/mol. The summed E-state index contributed by atoms with van der Waals surface area (Å²) in [5.74, 6) is 0.645. The van der Waals surface area contributed by atoms with E-state index in [0.29, 0.717) is 17.7 Å². The molecule has 0 spiro atoms. The summed E-state index contributed by atoms with van der Waals surface area (Å²) < 4.78 is 33.4. The number of nitrogens with zero attached hydrogens (tertiary/aromatic N) is 1. The fraction of sp³-hybridized carbons (Fsp3) is 0.231. The first-order chi connectivity index (χ1) is 15.8. The highest BCUT2D eigenvalue weighted by molar-refractivity contribution is 7.90. The zero-order valence-electron chi connectivity index (χ0n) is 18.6. The minimum atomic E-state index is -3.71. The molecule has 0 amide bonds. The fourth-order valence-corrected chi connectivity index (χ4v) is 6.20. The van der Waals surface area contributed by atoms with Crippen LogP contribution in [0.5, 0.6) is 5.75 Å². The third kappa shape index (κ3) is 3.35. The van der Waals surface area contributed by atoms with Gasteiger partial charge in [-0.05, 0) is 78.4 Å². The van der Waals surface area contributed by atoms with Crippen LogP contribution in [0, 0.1) is 6.92 Å². The number of aliphatic hydroxyl groups excluding tert-OH is 1. The quantitative estimate of drug-likeness (QED) is 0.470. The lowest BCUT2D eigenvalue weighted by atomic mass is 9.84. The van der Waals surface area contributed by atoms with Gasteiger partial charge < -0.3 is 15.6 Å². The van der Waals surface area contributed by atoms with Crippen LogP contribution in [0.4, 0.5) is 0 Å². The van der Waals surface area contributed by atoms with E-state index in [1.165, 1.54) is 3.97 Å². The lowest BCUT2D eigenvalue weighted by molar-refractivity contribution is 0.280. The van der Waals surface area contributed by atoms with Crippen LogP contribution in [0.1, 0.15) is 34.2 Å². The van der Waals surface area contributed by atoms with Crippen molar-refractivity contribution in [1.29, 1.82) is 0 Å². The van der Waals surface area contributed by atoms with Crippen molar-refractivity contribution in [3.05, 3.63) is 94.7 Å². The van der Waals surface area contributed by atoms with E-state index in [1.54, 1.807) is 43.6 Å². The maximum Gasteiger partial charge on any atom is 0.268 e. The molecule has 33 heavy (non-hydrogen) atoms. The molecule has 5 rings (SSSR count). The van der Waals surface area contributed by atoms with Crippen molar-refractivity contribution in [3.8, 4) is 5.75 Å². The molecule has 3 aromatic carbocycles. The Kier molecular flexibility index (Phi) is 5.08. The van der Waals surface area contributed by atoms with Crippen molar-refractivity contribution < 1.29 is 18.3 Å². The van der Waals surface area contributed by atoms with Crippen LogP contribution in [0.3, 0.4) is 0 Å². The van der Waals surface area contributed by atoms with Crippen molar-refractivity contribution in [1.82, 2.24) is 3.97 Å². The number of aliphatic hydroxyl groups is 1. The Bertz CT molecular complexity index is 1450. The molecule has 170 valence electrons.